The lowest BCUT2D eigenvalue weighted by molar-refractivity contribution is -0.0517. The van der Waals surface area contributed by atoms with Gasteiger partial charge in [-0.05, 0) is 0 Å². The molecule has 0 spiro atoms. The molecule has 0 aromatic carbocycles. The minimum atomic E-state index is -4.55. The molecule has 22 heavy (non-hydrogen) atoms. The molecule has 0 fully saturated rings. The summed E-state index contributed by atoms with van der Waals surface area (Å²) in [5.41, 5.74) is 0. The van der Waals surface area contributed by atoms with E-state index >= 15 is 0 Å². The molecule has 0 bridgehead atoms. The predicted molar refractivity (Wildman–Crippen MR) is 69.9 cm³/mol. The topological polar surface area (TPSA) is 220 Å². The summed E-state index contributed by atoms with van der Waals surface area (Å²) >= 11 is 0. The third-order valence-electron chi connectivity index (χ3n) is 2.13. The van der Waals surface area contributed by atoms with Crippen LogP contribution in [0.4, 0.5) is 0 Å². The van der Waals surface area contributed by atoms with Gasteiger partial charge in [-0.1, -0.05) is 0 Å². The number of hydrogen-bond acceptors (Lipinski definition) is 11. The number of hydrogen-bond donors (Lipinski definition) is 9. The molecule has 0 aromatic rings. The Kier molecular flexibility index (Phi) is 6.38. The monoisotopic (exact) mass is 344 g/mol. The van der Waals surface area contributed by atoms with Gasteiger partial charge in [-0.2, -0.15) is 13.4 Å². The molecule has 0 amide bonds. The molecule has 128 valence electrons. The van der Waals surface area contributed by atoms with Crippen LogP contribution in [-0.4, -0.2) is 87.0 Å². The van der Waals surface area contributed by atoms with Crippen LogP contribution in [0.25, 0.3) is 0 Å². The molecular weight excluding hydrogens is 328 g/mol. The Morgan fingerprint density at radius 3 is 2.45 bits per heavy atom. The molecule has 0 aromatic heterocycles. The first-order valence-electron chi connectivity index (χ1n) is 5.60. The average molecular weight is 344 g/mol. The lowest BCUT2D eigenvalue weighted by Gasteiger charge is -2.35. The molecular formula is C7H16N6O8S. The third-order valence-corrected chi connectivity index (χ3v) is 2.73. The van der Waals surface area contributed by atoms with Gasteiger partial charge in [-0.15, -0.1) is 0 Å². The van der Waals surface area contributed by atoms with Gasteiger partial charge in [0.15, 0.2) is 12.2 Å². The van der Waals surface area contributed by atoms with Crippen molar-refractivity contribution in [1.82, 2.24) is 20.9 Å². The van der Waals surface area contributed by atoms with Gasteiger partial charge in [0.05, 0.1) is 6.73 Å². The Morgan fingerprint density at radius 1 is 1.36 bits per heavy atom. The lowest BCUT2D eigenvalue weighted by atomic mass is 10.5. The molecule has 15 heteroatoms. The van der Waals surface area contributed by atoms with E-state index in [1.165, 1.54) is 0 Å². The van der Waals surface area contributed by atoms with Crippen molar-refractivity contribution in [3.63, 3.8) is 0 Å². The van der Waals surface area contributed by atoms with Gasteiger partial charge in [-0.25, -0.2) is 4.99 Å². The molecule has 0 aliphatic carbocycles. The highest BCUT2D eigenvalue weighted by molar-refractivity contribution is 7.85. The largest absolute Gasteiger partial charge is 0.381 e. The highest BCUT2D eigenvalue weighted by Gasteiger charge is 2.31. The Bertz CT molecular complexity index is 533. The summed E-state index contributed by atoms with van der Waals surface area (Å²) in [6.45, 7) is -0.667. The summed E-state index contributed by atoms with van der Waals surface area (Å²) in [4.78, 5) is 7.73. The Hall–Kier alpha value is -1.59. The SMILES string of the molecule is O=S(=O)(O)CN1C(=NC(O)O)NC(NC(O)O)=NC1NCO. The maximum Gasteiger partial charge on any atom is 0.283 e. The van der Waals surface area contributed by atoms with Crippen LogP contribution in [0.3, 0.4) is 0 Å². The number of nitrogens with zero attached hydrogens (tertiary/aromatic N) is 3. The van der Waals surface area contributed by atoms with Crippen molar-refractivity contribution < 1.29 is 38.5 Å². The van der Waals surface area contributed by atoms with Crippen LogP contribution in [0.2, 0.25) is 0 Å². The van der Waals surface area contributed by atoms with Crippen LogP contribution in [0, 0.1) is 0 Å². The fourth-order valence-corrected chi connectivity index (χ4v) is 2.09. The van der Waals surface area contributed by atoms with Crippen LogP contribution in [-0.2, 0) is 10.1 Å². The number of aliphatic hydroxyl groups excluding tert-OH is 3. The summed E-state index contributed by atoms with van der Waals surface area (Å²) in [7, 11) is -4.55. The molecule has 9 N–H and O–H groups in total. The van der Waals surface area contributed by atoms with Gasteiger partial charge < -0.3 is 30.8 Å². The molecule has 0 radical (unpaired) electrons. The van der Waals surface area contributed by atoms with Gasteiger partial charge in [0.25, 0.3) is 16.5 Å². The zero-order valence-corrected chi connectivity index (χ0v) is 11.7. The second kappa shape index (κ2) is 7.61. The highest BCUT2D eigenvalue weighted by atomic mass is 32.2. The fraction of sp³-hybridized carbons (Fsp3) is 0.714. The number of aliphatic imine (C=N–C) groups is 2. The third kappa shape index (κ3) is 6.03. The molecule has 1 atom stereocenters. The molecule has 1 rings (SSSR count). The molecule has 14 nitrogen and oxygen atoms in total. The zero-order chi connectivity index (χ0) is 16.9. The van der Waals surface area contributed by atoms with Crippen molar-refractivity contribution in [3.05, 3.63) is 0 Å². The van der Waals surface area contributed by atoms with E-state index in [9.17, 15) is 8.42 Å². The molecule has 1 unspecified atom stereocenters. The van der Waals surface area contributed by atoms with Gasteiger partial charge in [-0.3, -0.25) is 20.1 Å². The molecule has 0 saturated heterocycles. The Balaban J connectivity index is 3.17. The van der Waals surface area contributed by atoms with Gasteiger partial charge in [0, 0.05) is 0 Å². The fourth-order valence-electron chi connectivity index (χ4n) is 1.47. The van der Waals surface area contributed by atoms with E-state index in [1.807, 2.05) is 5.32 Å². The molecule has 1 aliphatic rings. The van der Waals surface area contributed by atoms with E-state index in [0.717, 1.165) is 4.90 Å². The molecule has 1 heterocycles. The summed E-state index contributed by atoms with van der Waals surface area (Å²) in [5.74, 6) is -1.87. The van der Waals surface area contributed by atoms with E-state index in [1.54, 1.807) is 0 Å². The van der Waals surface area contributed by atoms with Crippen molar-refractivity contribution in [2.24, 2.45) is 9.98 Å². The Labute approximate surface area is 124 Å². The van der Waals surface area contributed by atoms with E-state index in [-0.39, 0.29) is 5.96 Å². The standard InChI is InChI=1S/C7H16N6O8S/c14-1-8-4-9-3(11-6(15)16)10-5(12-7(17)18)13(4)2-22(19,20)21/h4,6-8,14-18H,1-2H2,(H,19,20,21)(H2,9,10,11,12). The minimum absolute atomic E-state index is 0.327. The van der Waals surface area contributed by atoms with E-state index in [0.29, 0.717) is 0 Å². The quantitative estimate of drug-likeness (QED) is 0.163. The predicted octanol–water partition coefficient (Wildman–Crippen LogP) is -5.60. The van der Waals surface area contributed by atoms with Crippen molar-refractivity contribution in [2.45, 2.75) is 19.1 Å². The van der Waals surface area contributed by atoms with Gasteiger partial charge >= 0.3 is 0 Å². The van der Waals surface area contributed by atoms with Crippen LogP contribution < -0.4 is 16.0 Å². The maximum atomic E-state index is 11.0. The lowest BCUT2D eigenvalue weighted by Crippen LogP contribution is -2.62. The Morgan fingerprint density at radius 2 is 2.00 bits per heavy atom. The van der Waals surface area contributed by atoms with E-state index in [4.69, 9.17) is 30.1 Å². The number of guanidine groups is 2. The van der Waals surface area contributed by atoms with Crippen molar-refractivity contribution >= 4 is 22.0 Å². The van der Waals surface area contributed by atoms with Crippen molar-refractivity contribution in [2.75, 3.05) is 12.6 Å². The highest BCUT2D eigenvalue weighted by Crippen LogP contribution is 2.07. The van der Waals surface area contributed by atoms with Crippen LogP contribution in [0.5, 0.6) is 0 Å². The van der Waals surface area contributed by atoms with Crippen LogP contribution >= 0.6 is 0 Å². The van der Waals surface area contributed by atoms with Crippen molar-refractivity contribution in [3.8, 4) is 0 Å². The van der Waals surface area contributed by atoms with E-state index in [2.05, 4.69) is 20.6 Å². The average Bonchev–Trinajstić information content (AvgIpc) is 2.31. The van der Waals surface area contributed by atoms with Gasteiger partial charge in [0.2, 0.25) is 18.3 Å². The summed E-state index contributed by atoms with van der Waals surface area (Å²) < 4.78 is 30.9. The first-order valence-corrected chi connectivity index (χ1v) is 7.21. The maximum absolute atomic E-state index is 11.0. The zero-order valence-electron chi connectivity index (χ0n) is 10.9. The number of nitrogens with one attached hydrogen (secondary N) is 3. The number of aliphatic hydroxyl groups is 5. The van der Waals surface area contributed by atoms with Crippen molar-refractivity contribution in [1.29, 1.82) is 0 Å². The molecule has 0 saturated carbocycles. The first kappa shape index (κ1) is 18.5. The summed E-state index contributed by atoms with van der Waals surface area (Å²) in [5, 5.41) is 50.8. The van der Waals surface area contributed by atoms with E-state index < -0.39 is 47.8 Å². The second-order valence-corrected chi connectivity index (χ2v) is 5.26. The first-order chi connectivity index (χ1) is 10.1. The number of rotatable bonds is 6. The molecule has 1 aliphatic heterocycles. The van der Waals surface area contributed by atoms with Crippen LogP contribution in [0.15, 0.2) is 9.98 Å². The summed E-state index contributed by atoms with van der Waals surface area (Å²) in [6, 6.07) is 0. The van der Waals surface area contributed by atoms with Crippen LogP contribution in [0.1, 0.15) is 0 Å². The normalized spacial score (nSPS) is 21.3. The van der Waals surface area contributed by atoms with Gasteiger partial charge in [0.1, 0.15) is 0 Å². The minimum Gasteiger partial charge on any atom is -0.381 e. The second-order valence-electron chi connectivity index (χ2n) is 3.84. The summed E-state index contributed by atoms with van der Waals surface area (Å²) in [6.07, 6.45) is -5.60. The smallest absolute Gasteiger partial charge is 0.283 e.